The minimum atomic E-state index is 0.0942. The maximum Gasteiger partial charge on any atom is 0.237 e. The Morgan fingerprint density at radius 2 is 2.38 bits per heavy atom. The van der Waals surface area contributed by atoms with Crippen molar-refractivity contribution in [3.05, 3.63) is 27.7 Å². The van der Waals surface area contributed by atoms with E-state index in [4.69, 9.17) is 11.6 Å². The number of carbonyl (C=O) groups excluding carboxylic acids is 1. The van der Waals surface area contributed by atoms with Crippen molar-refractivity contribution in [2.24, 2.45) is 0 Å². The first-order valence-corrected chi connectivity index (χ1v) is 7.26. The summed E-state index contributed by atoms with van der Waals surface area (Å²) >= 11 is 10.9. The van der Waals surface area contributed by atoms with Gasteiger partial charge >= 0.3 is 0 Å². The van der Waals surface area contributed by atoms with Crippen molar-refractivity contribution in [1.29, 1.82) is 0 Å². The van der Waals surface area contributed by atoms with E-state index in [0.717, 1.165) is 28.8 Å². The van der Waals surface area contributed by atoms with E-state index < -0.39 is 0 Å². The molecular formula is C11H11BrClNOS. The zero-order valence-corrected chi connectivity index (χ0v) is 11.7. The summed E-state index contributed by atoms with van der Waals surface area (Å²) in [6.07, 6.45) is 2.11. The van der Waals surface area contributed by atoms with E-state index in [0.29, 0.717) is 5.02 Å². The summed E-state index contributed by atoms with van der Waals surface area (Å²) in [6.45, 7) is 0. The van der Waals surface area contributed by atoms with Crippen LogP contribution in [0.25, 0.3) is 0 Å². The lowest BCUT2D eigenvalue weighted by molar-refractivity contribution is -0.115. The van der Waals surface area contributed by atoms with Gasteiger partial charge in [0, 0.05) is 10.2 Å². The lowest BCUT2D eigenvalue weighted by Crippen LogP contribution is -2.22. The van der Waals surface area contributed by atoms with Gasteiger partial charge in [0.1, 0.15) is 0 Å². The summed E-state index contributed by atoms with van der Waals surface area (Å²) in [5, 5.41) is 3.66. The van der Waals surface area contributed by atoms with Crippen LogP contribution in [-0.2, 0) is 4.79 Å². The summed E-state index contributed by atoms with van der Waals surface area (Å²) in [6, 6.07) is 5.40. The molecule has 1 aliphatic rings. The van der Waals surface area contributed by atoms with E-state index in [-0.39, 0.29) is 11.2 Å². The molecule has 1 aromatic rings. The van der Waals surface area contributed by atoms with Crippen LogP contribution in [0.4, 0.5) is 5.69 Å². The highest BCUT2D eigenvalue weighted by Gasteiger charge is 2.23. The van der Waals surface area contributed by atoms with Crippen molar-refractivity contribution in [3.8, 4) is 0 Å². The molecule has 86 valence electrons. The largest absolute Gasteiger partial charge is 0.325 e. The van der Waals surface area contributed by atoms with Gasteiger partial charge in [0.2, 0.25) is 5.91 Å². The van der Waals surface area contributed by atoms with Crippen molar-refractivity contribution >= 4 is 50.9 Å². The molecule has 2 rings (SSSR count). The van der Waals surface area contributed by atoms with Crippen LogP contribution in [0.1, 0.15) is 12.8 Å². The Bertz CT molecular complexity index is 407. The van der Waals surface area contributed by atoms with Gasteiger partial charge in [-0.1, -0.05) is 11.6 Å². The number of rotatable bonds is 2. The fourth-order valence-corrected chi connectivity index (χ4v) is 3.24. The second-order valence-corrected chi connectivity index (χ2v) is 6.19. The molecule has 0 radical (unpaired) electrons. The van der Waals surface area contributed by atoms with Gasteiger partial charge in [0.25, 0.3) is 0 Å². The quantitative estimate of drug-likeness (QED) is 0.894. The molecule has 1 aliphatic heterocycles. The average Bonchev–Trinajstić information content (AvgIpc) is 2.77. The second-order valence-electron chi connectivity index (χ2n) is 3.62. The van der Waals surface area contributed by atoms with Crippen molar-refractivity contribution < 1.29 is 4.79 Å². The van der Waals surface area contributed by atoms with E-state index in [9.17, 15) is 4.79 Å². The van der Waals surface area contributed by atoms with Gasteiger partial charge < -0.3 is 5.32 Å². The van der Waals surface area contributed by atoms with Crippen LogP contribution in [-0.4, -0.2) is 16.9 Å². The van der Waals surface area contributed by atoms with E-state index in [2.05, 4.69) is 21.2 Å². The molecule has 0 bridgehead atoms. The predicted molar refractivity (Wildman–Crippen MR) is 73.3 cm³/mol. The highest BCUT2D eigenvalue weighted by atomic mass is 79.9. The number of hydrogen-bond donors (Lipinski definition) is 1. The summed E-state index contributed by atoms with van der Waals surface area (Å²) in [5.41, 5.74) is 0.786. The van der Waals surface area contributed by atoms with Gasteiger partial charge in [-0.05, 0) is 52.7 Å². The monoisotopic (exact) mass is 319 g/mol. The summed E-state index contributed by atoms with van der Waals surface area (Å²) in [7, 11) is 0. The molecule has 1 heterocycles. The molecule has 1 amide bonds. The average molecular weight is 321 g/mol. The highest BCUT2D eigenvalue weighted by molar-refractivity contribution is 9.10. The SMILES string of the molecule is O=C(Nc1ccc(Cl)c(Br)c1)C1CCCS1. The number of anilines is 1. The molecule has 2 nitrogen and oxygen atoms in total. The first-order chi connectivity index (χ1) is 7.66. The molecule has 16 heavy (non-hydrogen) atoms. The third-order valence-electron chi connectivity index (χ3n) is 2.41. The number of hydrogen-bond acceptors (Lipinski definition) is 2. The van der Waals surface area contributed by atoms with Crippen LogP contribution < -0.4 is 5.32 Å². The molecule has 1 fully saturated rings. The van der Waals surface area contributed by atoms with Gasteiger partial charge in [-0.2, -0.15) is 0 Å². The molecule has 1 atom stereocenters. The number of thioether (sulfide) groups is 1. The fraction of sp³-hybridized carbons (Fsp3) is 0.364. The van der Waals surface area contributed by atoms with E-state index in [1.807, 2.05) is 12.1 Å². The van der Waals surface area contributed by atoms with Crippen molar-refractivity contribution in [1.82, 2.24) is 0 Å². The third kappa shape index (κ3) is 2.93. The molecule has 1 saturated heterocycles. The lowest BCUT2D eigenvalue weighted by Gasteiger charge is -2.10. The number of nitrogens with one attached hydrogen (secondary N) is 1. The smallest absolute Gasteiger partial charge is 0.237 e. The van der Waals surface area contributed by atoms with Crippen molar-refractivity contribution in [2.45, 2.75) is 18.1 Å². The minimum absolute atomic E-state index is 0.0942. The Balaban J connectivity index is 2.02. The first kappa shape index (κ1) is 12.3. The topological polar surface area (TPSA) is 29.1 Å². The van der Waals surface area contributed by atoms with Gasteiger partial charge in [0.05, 0.1) is 10.3 Å². The molecule has 0 aromatic heterocycles. The van der Waals surface area contributed by atoms with Crippen LogP contribution in [0, 0.1) is 0 Å². The number of benzene rings is 1. The standard InChI is InChI=1S/C11H11BrClNOS/c12-8-6-7(3-4-9(8)13)14-11(15)10-2-1-5-16-10/h3-4,6,10H,1-2,5H2,(H,14,15). The maximum atomic E-state index is 11.8. The Hall–Kier alpha value is -0.190. The molecule has 5 heteroatoms. The normalized spacial score (nSPS) is 19.8. The van der Waals surface area contributed by atoms with Crippen LogP contribution >= 0.6 is 39.3 Å². The molecule has 1 unspecified atom stereocenters. The van der Waals surface area contributed by atoms with Crippen molar-refractivity contribution in [2.75, 3.05) is 11.1 Å². The Morgan fingerprint density at radius 3 is 3.00 bits per heavy atom. The Morgan fingerprint density at radius 1 is 1.56 bits per heavy atom. The Labute approximate surface area is 112 Å². The van der Waals surface area contributed by atoms with E-state index in [1.54, 1.807) is 17.8 Å². The van der Waals surface area contributed by atoms with Crippen LogP contribution in [0.15, 0.2) is 22.7 Å². The molecule has 1 aromatic carbocycles. The van der Waals surface area contributed by atoms with Gasteiger partial charge in [0.15, 0.2) is 0 Å². The van der Waals surface area contributed by atoms with Gasteiger partial charge in [-0.15, -0.1) is 11.8 Å². The lowest BCUT2D eigenvalue weighted by atomic mass is 10.2. The molecule has 0 spiro atoms. The number of halogens is 2. The van der Waals surface area contributed by atoms with Crippen LogP contribution in [0.5, 0.6) is 0 Å². The first-order valence-electron chi connectivity index (χ1n) is 5.04. The highest BCUT2D eigenvalue weighted by Crippen LogP contribution is 2.29. The van der Waals surface area contributed by atoms with Gasteiger partial charge in [-0.25, -0.2) is 0 Å². The maximum absolute atomic E-state index is 11.8. The predicted octanol–water partition coefficient (Wildman–Crippen LogP) is 3.94. The Kier molecular flexibility index (Phi) is 4.16. The zero-order chi connectivity index (χ0) is 11.5. The fourth-order valence-electron chi connectivity index (χ4n) is 1.58. The zero-order valence-electron chi connectivity index (χ0n) is 8.50. The summed E-state index contributed by atoms with van der Waals surface area (Å²) in [4.78, 5) is 11.8. The van der Waals surface area contributed by atoms with Crippen LogP contribution in [0.2, 0.25) is 5.02 Å². The second kappa shape index (κ2) is 5.43. The molecule has 1 N–H and O–H groups in total. The van der Waals surface area contributed by atoms with E-state index in [1.165, 1.54) is 0 Å². The number of amides is 1. The van der Waals surface area contributed by atoms with Crippen molar-refractivity contribution in [3.63, 3.8) is 0 Å². The van der Waals surface area contributed by atoms with Crippen LogP contribution in [0.3, 0.4) is 0 Å². The summed E-state index contributed by atoms with van der Waals surface area (Å²) < 4.78 is 0.797. The minimum Gasteiger partial charge on any atom is -0.325 e. The van der Waals surface area contributed by atoms with Gasteiger partial charge in [-0.3, -0.25) is 4.79 Å². The third-order valence-corrected chi connectivity index (χ3v) is 5.00. The number of carbonyl (C=O) groups is 1. The molecule has 0 saturated carbocycles. The molecular weight excluding hydrogens is 310 g/mol. The molecule has 0 aliphatic carbocycles. The summed E-state index contributed by atoms with van der Waals surface area (Å²) in [5.74, 6) is 1.18. The van der Waals surface area contributed by atoms with E-state index >= 15 is 0 Å².